The van der Waals surface area contributed by atoms with Crippen LogP contribution in [0.1, 0.15) is 23.0 Å². The minimum atomic E-state index is -4.19. The number of hydrogen-bond acceptors (Lipinski definition) is 7. The molecule has 0 amide bonds. The van der Waals surface area contributed by atoms with E-state index < -0.39 is 13.8 Å². The number of aromatic nitrogens is 2. The van der Waals surface area contributed by atoms with E-state index >= 15 is 0 Å². The van der Waals surface area contributed by atoms with Crippen LogP contribution in [0.25, 0.3) is 0 Å². The lowest BCUT2D eigenvalue weighted by molar-refractivity contribution is 0.123. The molecule has 0 radical (unpaired) electrons. The summed E-state index contributed by atoms with van der Waals surface area (Å²) in [5.74, 6) is 0.355. The maximum atomic E-state index is 12.5. The Morgan fingerprint density at radius 3 is 2.72 bits per heavy atom. The summed E-state index contributed by atoms with van der Waals surface area (Å²) in [5, 5.41) is 0. The van der Waals surface area contributed by atoms with E-state index in [-0.39, 0.29) is 31.0 Å². The Labute approximate surface area is 166 Å². The van der Waals surface area contributed by atoms with E-state index in [2.05, 4.69) is 9.98 Å². The fourth-order valence-electron chi connectivity index (χ4n) is 3.03. The Balaban J connectivity index is 1.92. The second-order valence-electron chi connectivity index (χ2n) is 6.69. The average Bonchev–Trinajstić information content (AvgIpc) is 2.94. The van der Waals surface area contributed by atoms with Crippen molar-refractivity contribution in [3.05, 3.63) is 51.6 Å². The van der Waals surface area contributed by atoms with Gasteiger partial charge in [-0.25, -0.2) is 4.79 Å². The third-order valence-electron chi connectivity index (χ3n) is 4.44. The molecule has 12 heteroatoms. The largest absolute Gasteiger partial charge is 0.462 e. The molecule has 1 atom stereocenters. The van der Waals surface area contributed by atoms with Gasteiger partial charge in [-0.1, -0.05) is 24.3 Å². The van der Waals surface area contributed by atoms with Gasteiger partial charge in [-0.05, 0) is 11.1 Å². The summed E-state index contributed by atoms with van der Waals surface area (Å²) < 4.78 is 23.3. The number of hydrogen-bond donors (Lipinski definition) is 4. The van der Waals surface area contributed by atoms with E-state index in [0.717, 1.165) is 0 Å². The number of nitrogens with two attached hydrogens (primary N) is 1. The maximum absolute atomic E-state index is 12.5. The number of nitrogens with zero attached hydrogens (tertiary/aromatic N) is 3. The second kappa shape index (κ2) is 8.52. The number of amidine groups is 1. The number of aliphatic imine (C=N–C) groups is 1. The zero-order valence-corrected chi connectivity index (χ0v) is 17.0. The molecule has 5 N–H and O–H groups in total. The van der Waals surface area contributed by atoms with Crippen LogP contribution in [0, 0.1) is 0 Å². The first-order valence-electron chi connectivity index (χ1n) is 8.83. The number of fused-ring (bicyclic) bond motifs is 1. The summed E-state index contributed by atoms with van der Waals surface area (Å²) in [6, 6.07) is 7.00. The highest BCUT2D eigenvalue weighted by molar-refractivity contribution is 7.50. The van der Waals surface area contributed by atoms with E-state index in [1.807, 2.05) is 0 Å². The summed E-state index contributed by atoms with van der Waals surface area (Å²) in [6.45, 7) is 0.813. The predicted molar refractivity (Wildman–Crippen MR) is 106 cm³/mol. The van der Waals surface area contributed by atoms with E-state index in [1.54, 1.807) is 43.3 Å². The zero-order valence-electron chi connectivity index (χ0n) is 16.1. The smallest absolute Gasteiger partial charge is 0.329 e. The number of imidazole rings is 1. The molecule has 0 fully saturated rings. The first-order chi connectivity index (χ1) is 13.7. The Morgan fingerprint density at radius 2 is 2.03 bits per heavy atom. The van der Waals surface area contributed by atoms with Crippen molar-refractivity contribution in [1.82, 2.24) is 14.5 Å². The molecule has 0 saturated carbocycles. The molecular weight excluding hydrogens is 401 g/mol. The Hall–Kier alpha value is -2.43. The Kier molecular flexibility index (Phi) is 6.25. The van der Waals surface area contributed by atoms with Crippen molar-refractivity contribution in [2.75, 3.05) is 27.4 Å². The summed E-state index contributed by atoms with van der Waals surface area (Å²) >= 11 is 0. The van der Waals surface area contributed by atoms with Crippen molar-refractivity contribution in [1.29, 1.82) is 0 Å². The molecule has 29 heavy (non-hydrogen) atoms. The number of ether oxygens (including phenoxy) is 2. The molecule has 1 unspecified atom stereocenters. The van der Waals surface area contributed by atoms with Gasteiger partial charge in [0.2, 0.25) is 0 Å². The number of nitrogens with one attached hydrogen (secondary N) is 1. The predicted octanol–water partition coefficient (Wildman–Crippen LogP) is 0.456. The zero-order chi connectivity index (χ0) is 21.2. The van der Waals surface area contributed by atoms with Gasteiger partial charge >= 0.3 is 13.3 Å². The minimum Gasteiger partial charge on any atom is -0.462 e. The average molecular weight is 425 g/mol. The van der Waals surface area contributed by atoms with Crippen LogP contribution in [0.3, 0.4) is 0 Å². The highest BCUT2D eigenvalue weighted by atomic mass is 31.2. The molecule has 1 aliphatic rings. The molecule has 0 saturated heterocycles. The molecule has 0 aliphatic carbocycles. The fourth-order valence-corrected chi connectivity index (χ4v) is 3.71. The monoisotopic (exact) mass is 425 g/mol. The second-order valence-corrected chi connectivity index (χ2v) is 8.33. The van der Waals surface area contributed by atoms with Crippen molar-refractivity contribution in [3.63, 3.8) is 0 Å². The molecule has 11 nitrogen and oxygen atoms in total. The van der Waals surface area contributed by atoms with Crippen molar-refractivity contribution in [3.8, 4) is 0 Å². The lowest BCUT2D eigenvalue weighted by Crippen LogP contribution is -2.40. The molecular formula is C17H24N5O6P. The topological polar surface area (TPSA) is 155 Å². The van der Waals surface area contributed by atoms with Gasteiger partial charge in [0.05, 0.1) is 19.3 Å². The molecule has 0 bridgehead atoms. The van der Waals surface area contributed by atoms with Gasteiger partial charge in [0.1, 0.15) is 18.5 Å². The van der Waals surface area contributed by atoms with Crippen LogP contribution in [0.5, 0.6) is 0 Å². The lowest BCUT2D eigenvalue weighted by Gasteiger charge is -2.30. The van der Waals surface area contributed by atoms with Gasteiger partial charge in [0, 0.05) is 14.2 Å². The van der Waals surface area contributed by atoms with Crippen LogP contribution < -0.4 is 11.4 Å². The normalized spacial score (nSPS) is 16.5. The van der Waals surface area contributed by atoms with Crippen molar-refractivity contribution >= 4 is 19.4 Å². The summed E-state index contributed by atoms with van der Waals surface area (Å²) in [6.07, 6.45) is -1.01. The molecule has 2 heterocycles. The van der Waals surface area contributed by atoms with Gasteiger partial charge in [-0.3, -0.25) is 9.13 Å². The van der Waals surface area contributed by atoms with E-state index in [4.69, 9.17) is 15.2 Å². The van der Waals surface area contributed by atoms with Crippen molar-refractivity contribution in [2.45, 2.75) is 18.9 Å². The number of methoxy groups -OCH3 is 1. The first kappa shape index (κ1) is 21.3. The SMILES string of the molecule is COCCOC1=Nc2c([nH]c(=O)n2Cc2cccc(CP(=O)(O)O)c2)C(N)N1C. The summed E-state index contributed by atoms with van der Waals surface area (Å²) in [4.78, 5) is 39.7. The summed E-state index contributed by atoms with van der Waals surface area (Å²) in [7, 11) is -0.920. The van der Waals surface area contributed by atoms with Gasteiger partial charge < -0.3 is 34.9 Å². The van der Waals surface area contributed by atoms with Crippen LogP contribution in [0.15, 0.2) is 34.1 Å². The highest BCUT2D eigenvalue weighted by Gasteiger charge is 2.30. The van der Waals surface area contributed by atoms with Crippen molar-refractivity contribution < 1.29 is 23.8 Å². The highest BCUT2D eigenvalue weighted by Crippen LogP contribution is 2.39. The number of aromatic amines is 1. The van der Waals surface area contributed by atoms with Gasteiger partial charge in [0.25, 0.3) is 6.02 Å². The molecule has 1 aromatic carbocycles. The Bertz CT molecular complexity index is 1010. The lowest BCUT2D eigenvalue weighted by atomic mass is 10.1. The first-order valence-corrected chi connectivity index (χ1v) is 10.6. The van der Waals surface area contributed by atoms with Crippen LogP contribution in [0.2, 0.25) is 0 Å². The number of rotatable bonds is 7. The van der Waals surface area contributed by atoms with Gasteiger partial charge in [-0.15, -0.1) is 0 Å². The molecule has 2 aromatic rings. The quantitative estimate of drug-likeness (QED) is 0.368. The molecule has 1 aliphatic heterocycles. The van der Waals surface area contributed by atoms with E-state index in [1.165, 1.54) is 4.57 Å². The maximum Gasteiger partial charge on any atom is 0.329 e. The molecule has 1 aromatic heterocycles. The number of benzene rings is 1. The standard InChI is InChI=1S/C17H24N5O6P/c1-21-14(18)13-15(20-17(21)28-7-6-27-2)22(16(23)19-13)9-11-4-3-5-12(8-11)10-29(24,25)26/h3-5,8,14H,6-7,9-10,18H2,1-2H3,(H,19,23)(H2,24,25,26). The fraction of sp³-hybridized carbons (Fsp3) is 0.412. The van der Waals surface area contributed by atoms with Crippen LogP contribution in [0.4, 0.5) is 5.82 Å². The minimum absolute atomic E-state index is 0.158. The molecule has 3 rings (SSSR count). The van der Waals surface area contributed by atoms with Gasteiger partial charge in [0.15, 0.2) is 5.82 Å². The van der Waals surface area contributed by atoms with E-state index in [0.29, 0.717) is 29.2 Å². The van der Waals surface area contributed by atoms with E-state index in [9.17, 15) is 19.1 Å². The Morgan fingerprint density at radius 1 is 1.31 bits per heavy atom. The third-order valence-corrected chi connectivity index (χ3v) is 5.22. The van der Waals surface area contributed by atoms with Crippen LogP contribution in [-0.2, 0) is 26.7 Å². The van der Waals surface area contributed by atoms with Crippen LogP contribution in [-0.4, -0.2) is 57.6 Å². The molecule has 0 spiro atoms. The molecule has 158 valence electrons. The third kappa shape index (κ3) is 4.95. The number of H-pyrrole nitrogens is 1. The van der Waals surface area contributed by atoms with Crippen LogP contribution >= 0.6 is 7.60 Å². The van der Waals surface area contributed by atoms with Crippen molar-refractivity contribution in [2.24, 2.45) is 10.7 Å². The summed E-state index contributed by atoms with van der Waals surface area (Å²) in [5.41, 5.74) is 7.47. The van der Waals surface area contributed by atoms with Gasteiger partial charge in [-0.2, -0.15) is 4.99 Å².